The van der Waals surface area contributed by atoms with E-state index in [1.807, 2.05) is 0 Å². The first-order valence-electron chi connectivity index (χ1n) is 5.42. The number of nitrogens with one attached hydrogen (secondary N) is 2. The molecule has 2 aliphatic rings. The summed E-state index contributed by atoms with van der Waals surface area (Å²) in [5.41, 5.74) is 0.0418. The first-order chi connectivity index (χ1) is 9.54. The van der Waals surface area contributed by atoms with Crippen LogP contribution in [0.15, 0.2) is 17.0 Å². The summed E-state index contributed by atoms with van der Waals surface area (Å²) in [4.78, 5) is 22.3. The van der Waals surface area contributed by atoms with Crippen LogP contribution in [-0.2, 0) is 4.79 Å². The Hall–Kier alpha value is -2.55. The highest BCUT2D eigenvalue weighted by atomic mass is 32.2. The van der Waals surface area contributed by atoms with E-state index >= 15 is 0 Å². The van der Waals surface area contributed by atoms with Gasteiger partial charge >= 0.3 is 0 Å². The van der Waals surface area contributed by atoms with Crippen molar-refractivity contribution in [1.29, 1.82) is 5.41 Å². The van der Waals surface area contributed by atoms with Gasteiger partial charge < -0.3 is 14.8 Å². The lowest BCUT2D eigenvalue weighted by Crippen LogP contribution is -2.18. The Kier molecular flexibility index (Phi) is 2.83. The molecular formula is C11H7N3O5S. The number of hydrogen-bond acceptors (Lipinski definition) is 7. The molecule has 0 aromatic heterocycles. The Balaban J connectivity index is 2.09. The van der Waals surface area contributed by atoms with Gasteiger partial charge in [-0.05, 0) is 23.9 Å². The molecule has 0 aliphatic carbocycles. The second-order valence-corrected chi connectivity index (χ2v) is 4.97. The minimum atomic E-state index is -0.558. The molecule has 0 spiro atoms. The Labute approximate surface area is 116 Å². The number of rotatable bonds is 2. The second-order valence-electron chi connectivity index (χ2n) is 3.92. The van der Waals surface area contributed by atoms with Crippen molar-refractivity contribution in [3.8, 4) is 11.5 Å². The summed E-state index contributed by atoms with van der Waals surface area (Å²) in [6.45, 7) is 0.00634. The summed E-state index contributed by atoms with van der Waals surface area (Å²) in [5, 5.41) is 20.7. The summed E-state index contributed by atoms with van der Waals surface area (Å²) in [6.07, 6.45) is 1.36. The SMILES string of the molecule is N=C1NC(=O)C(=Cc2cc3c(cc2[N+](=O)[O-])OCO3)S1. The second kappa shape index (κ2) is 4.53. The molecule has 102 valence electrons. The van der Waals surface area contributed by atoms with Crippen molar-refractivity contribution in [2.75, 3.05) is 6.79 Å². The number of amidine groups is 1. The Morgan fingerprint density at radius 2 is 2.10 bits per heavy atom. The molecule has 20 heavy (non-hydrogen) atoms. The number of fused-ring (bicyclic) bond motifs is 1. The van der Waals surface area contributed by atoms with Gasteiger partial charge in [-0.1, -0.05) is 0 Å². The average Bonchev–Trinajstić information content (AvgIpc) is 2.94. The molecule has 0 saturated carbocycles. The van der Waals surface area contributed by atoms with E-state index in [1.165, 1.54) is 18.2 Å². The van der Waals surface area contributed by atoms with Gasteiger partial charge in [0.05, 0.1) is 21.5 Å². The maximum Gasteiger partial charge on any atom is 0.280 e. The third-order valence-corrected chi connectivity index (χ3v) is 3.50. The van der Waals surface area contributed by atoms with Gasteiger partial charge in [-0.15, -0.1) is 0 Å². The summed E-state index contributed by atoms with van der Waals surface area (Å²) in [6, 6.07) is 2.71. The molecule has 1 fully saturated rings. The highest BCUT2D eigenvalue weighted by Crippen LogP contribution is 2.39. The van der Waals surface area contributed by atoms with Crippen molar-refractivity contribution < 1.29 is 19.2 Å². The third kappa shape index (κ3) is 2.07. The Morgan fingerprint density at radius 1 is 1.40 bits per heavy atom. The van der Waals surface area contributed by atoms with E-state index in [1.54, 1.807) is 0 Å². The van der Waals surface area contributed by atoms with Gasteiger partial charge in [-0.2, -0.15) is 0 Å². The first-order valence-corrected chi connectivity index (χ1v) is 6.24. The molecule has 9 heteroatoms. The van der Waals surface area contributed by atoms with E-state index in [-0.39, 0.29) is 28.1 Å². The number of nitro benzene ring substituents is 1. The fourth-order valence-corrected chi connectivity index (χ4v) is 2.50. The van der Waals surface area contributed by atoms with Crippen LogP contribution >= 0.6 is 11.8 Å². The number of nitro groups is 1. The van der Waals surface area contributed by atoms with Crippen molar-refractivity contribution in [3.63, 3.8) is 0 Å². The molecule has 2 aliphatic heterocycles. The zero-order valence-electron chi connectivity index (χ0n) is 9.84. The molecule has 1 aromatic rings. The summed E-state index contributed by atoms with van der Waals surface area (Å²) >= 11 is 0.911. The number of benzene rings is 1. The van der Waals surface area contributed by atoms with Gasteiger partial charge in [0.25, 0.3) is 11.6 Å². The molecule has 2 N–H and O–H groups in total. The summed E-state index contributed by atoms with van der Waals surface area (Å²) in [5.74, 6) is 0.239. The Bertz CT molecular complexity index is 685. The van der Waals surface area contributed by atoms with Crippen LogP contribution in [0.3, 0.4) is 0 Å². The number of ether oxygens (including phenoxy) is 2. The molecule has 1 saturated heterocycles. The highest BCUT2D eigenvalue weighted by molar-refractivity contribution is 8.18. The van der Waals surface area contributed by atoms with Gasteiger partial charge in [0.15, 0.2) is 16.7 Å². The van der Waals surface area contributed by atoms with Gasteiger partial charge in [-0.3, -0.25) is 20.3 Å². The predicted molar refractivity (Wildman–Crippen MR) is 70.7 cm³/mol. The van der Waals surface area contributed by atoms with Crippen LogP contribution in [0.4, 0.5) is 5.69 Å². The van der Waals surface area contributed by atoms with E-state index < -0.39 is 10.8 Å². The molecule has 0 bridgehead atoms. The number of hydrogen-bond donors (Lipinski definition) is 2. The van der Waals surface area contributed by atoms with Crippen LogP contribution in [0.2, 0.25) is 0 Å². The monoisotopic (exact) mass is 293 g/mol. The quantitative estimate of drug-likeness (QED) is 0.484. The zero-order chi connectivity index (χ0) is 14.3. The molecule has 3 rings (SSSR count). The molecule has 0 radical (unpaired) electrons. The van der Waals surface area contributed by atoms with Crippen LogP contribution in [0.1, 0.15) is 5.56 Å². The summed E-state index contributed by atoms with van der Waals surface area (Å²) in [7, 11) is 0. The summed E-state index contributed by atoms with van der Waals surface area (Å²) < 4.78 is 10.2. The lowest BCUT2D eigenvalue weighted by atomic mass is 10.1. The minimum absolute atomic E-state index is 0.00634. The fourth-order valence-electron chi connectivity index (χ4n) is 1.80. The third-order valence-electron chi connectivity index (χ3n) is 2.67. The average molecular weight is 293 g/mol. The minimum Gasteiger partial charge on any atom is -0.454 e. The normalized spacial score (nSPS) is 18.5. The number of amides is 1. The number of nitrogens with zero attached hydrogens (tertiary/aromatic N) is 1. The van der Waals surface area contributed by atoms with Gasteiger partial charge in [0.2, 0.25) is 6.79 Å². The smallest absolute Gasteiger partial charge is 0.280 e. The lowest BCUT2D eigenvalue weighted by Gasteiger charge is -2.01. The number of carbonyl (C=O) groups is 1. The van der Waals surface area contributed by atoms with E-state index in [0.29, 0.717) is 11.5 Å². The van der Waals surface area contributed by atoms with Crippen LogP contribution in [0, 0.1) is 15.5 Å². The molecule has 2 heterocycles. The van der Waals surface area contributed by atoms with E-state index in [0.717, 1.165) is 11.8 Å². The molecule has 0 unspecified atom stereocenters. The fraction of sp³-hybridized carbons (Fsp3) is 0.0909. The van der Waals surface area contributed by atoms with Crippen molar-refractivity contribution in [2.24, 2.45) is 0 Å². The number of carbonyl (C=O) groups excluding carboxylic acids is 1. The van der Waals surface area contributed by atoms with Crippen LogP contribution in [0.5, 0.6) is 11.5 Å². The molecule has 8 nitrogen and oxygen atoms in total. The predicted octanol–water partition coefficient (Wildman–Crippen LogP) is 1.46. The maximum atomic E-state index is 11.5. The van der Waals surface area contributed by atoms with Crippen molar-refractivity contribution in [2.45, 2.75) is 0 Å². The topological polar surface area (TPSA) is 115 Å². The van der Waals surface area contributed by atoms with Crippen LogP contribution < -0.4 is 14.8 Å². The molecular weight excluding hydrogens is 286 g/mol. The van der Waals surface area contributed by atoms with Crippen molar-refractivity contribution in [3.05, 3.63) is 32.7 Å². The largest absolute Gasteiger partial charge is 0.454 e. The van der Waals surface area contributed by atoms with E-state index in [9.17, 15) is 14.9 Å². The molecule has 1 aromatic carbocycles. The van der Waals surface area contributed by atoms with E-state index in [4.69, 9.17) is 14.9 Å². The maximum absolute atomic E-state index is 11.5. The van der Waals surface area contributed by atoms with E-state index in [2.05, 4.69) is 5.32 Å². The lowest BCUT2D eigenvalue weighted by molar-refractivity contribution is -0.385. The Morgan fingerprint density at radius 3 is 2.70 bits per heavy atom. The van der Waals surface area contributed by atoms with Gasteiger partial charge in [0, 0.05) is 0 Å². The molecule has 1 amide bonds. The first kappa shape index (κ1) is 12.5. The van der Waals surface area contributed by atoms with Crippen molar-refractivity contribution in [1.82, 2.24) is 5.32 Å². The molecule has 0 atom stereocenters. The van der Waals surface area contributed by atoms with Crippen LogP contribution in [0.25, 0.3) is 6.08 Å². The zero-order valence-corrected chi connectivity index (χ0v) is 10.7. The van der Waals surface area contributed by atoms with Gasteiger partial charge in [-0.25, -0.2) is 0 Å². The number of thioether (sulfide) groups is 1. The highest BCUT2D eigenvalue weighted by Gasteiger charge is 2.26. The van der Waals surface area contributed by atoms with Crippen molar-refractivity contribution >= 4 is 34.6 Å². The van der Waals surface area contributed by atoms with Gasteiger partial charge in [0.1, 0.15) is 0 Å². The van der Waals surface area contributed by atoms with Crippen LogP contribution in [-0.4, -0.2) is 22.8 Å². The standard InChI is InChI=1S/C11H7N3O5S/c12-11-13-10(15)9(20-11)2-5-1-7-8(19-4-18-7)3-6(5)14(16)17/h1-3H,4H2,(H2,12,13,15).